The Hall–Kier alpha value is -3.23. The molecule has 0 aliphatic carbocycles. The molecule has 2 bridgehead atoms. The minimum Gasteiger partial charge on any atom is -0.479 e. The predicted octanol–water partition coefficient (Wildman–Crippen LogP) is 4.60. The van der Waals surface area contributed by atoms with E-state index in [1.807, 2.05) is 36.4 Å². The van der Waals surface area contributed by atoms with Gasteiger partial charge in [0.05, 0.1) is 6.54 Å². The first kappa shape index (κ1) is 18.8. The van der Waals surface area contributed by atoms with Gasteiger partial charge in [-0.15, -0.1) is 11.3 Å². The fourth-order valence-electron chi connectivity index (χ4n) is 3.94. The number of hydroxylamine groups is 2. The van der Waals surface area contributed by atoms with Crippen molar-refractivity contribution in [1.29, 1.82) is 0 Å². The summed E-state index contributed by atoms with van der Waals surface area (Å²) in [5.74, 6) is -1.42. The van der Waals surface area contributed by atoms with Gasteiger partial charge in [-0.3, -0.25) is 4.84 Å². The number of fused-ring (bicyclic) bond motifs is 4. The van der Waals surface area contributed by atoms with Gasteiger partial charge in [-0.05, 0) is 34.9 Å². The lowest BCUT2D eigenvalue weighted by Gasteiger charge is -2.27. The highest BCUT2D eigenvalue weighted by molar-refractivity contribution is 7.15. The Bertz CT molecular complexity index is 1120. The van der Waals surface area contributed by atoms with E-state index in [0.29, 0.717) is 4.88 Å². The van der Waals surface area contributed by atoms with Crippen molar-refractivity contribution in [2.45, 2.75) is 18.7 Å². The van der Waals surface area contributed by atoms with Crippen LogP contribution in [0.4, 0.5) is 9.18 Å². The summed E-state index contributed by atoms with van der Waals surface area (Å²) >= 11 is 1.32. The van der Waals surface area contributed by atoms with Crippen molar-refractivity contribution in [1.82, 2.24) is 9.96 Å². The zero-order valence-corrected chi connectivity index (χ0v) is 16.5. The number of thiophene rings is 1. The van der Waals surface area contributed by atoms with E-state index in [0.717, 1.165) is 21.6 Å². The van der Waals surface area contributed by atoms with Gasteiger partial charge in [-0.1, -0.05) is 42.5 Å². The highest BCUT2D eigenvalue weighted by Crippen LogP contribution is 2.49. The van der Waals surface area contributed by atoms with Crippen LogP contribution in [0.2, 0.25) is 0 Å². The minimum atomic E-state index is -1.08. The van der Waals surface area contributed by atoms with Crippen LogP contribution in [0.15, 0.2) is 60.7 Å². The van der Waals surface area contributed by atoms with Gasteiger partial charge in [0, 0.05) is 9.75 Å². The van der Waals surface area contributed by atoms with Gasteiger partial charge in [0.1, 0.15) is 18.5 Å². The number of carbonyl (C=O) groups is 2. The number of rotatable bonds is 5. The number of carbonyl (C=O) groups excluding carboxylic acids is 1. The largest absolute Gasteiger partial charge is 0.479 e. The third-order valence-electron chi connectivity index (χ3n) is 5.37. The second kappa shape index (κ2) is 7.23. The van der Waals surface area contributed by atoms with Gasteiger partial charge >= 0.3 is 12.0 Å². The number of benzene rings is 2. The molecule has 1 saturated heterocycles. The van der Waals surface area contributed by atoms with Crippen molar-refractivity contribution in [2.75, 3.05) is 6.54 Å². The zero-order chi connectivity index (χ0) is 20.8. The van der Waals surface area contributed by atoms with Crippen LogP contribution in [0.25, 0.3) is 10.4 Å². The fraction of sp³-hybridized carbons (Fsp3) is 0.182. The number of hydrogen-bond donors (Lipinski definition) is 1. The van der Waals surface area contributed by atoms with Gasteiger partial charge in [0.2, 0.25) is 0 Å². The first-order chi connectivity index (χ1) is 14.5. The summed E-state index contributed by atoms with van der Waals surface area (Å²) in [5.41, 5.74) is 2.48. The van der Waals surface area contributed by atoms with Crippen LogP contribution < -0.4 is 0 Å². The lowest BCUT2D eigenvalue weighted by atomic mass is 9.98. The second-order valence-corrected chi connectivity index (χ2v) is 8.30. The van der Waals surface area contributed by atoms with Crippen LogP contribution in [0.5, 0.6) is 0 Å². The molecule has 1 fully saturated rings. The monoisotopic (exact) mass is 424 g/mol. The Balaban J connectivity index is 1.50. The Morgan fingerprint density at radius 1 is 1.17 bits per heavy atom. The number of carboxylic acid groups (broad SMARTS) is 1. The summed E-state index contributed by atoms with van der Waals surface area (Å²) in [5, 5.41) is 11.1. The Kier molecular flexibility index (Phi) is 4.52. The van der Waals surface area contributed by atoms with E-state index in [9.17, 15) is 19.1 Å². The molecule has 5 rings (SSSR count). The van der Waals surface area contributed by atoms with Crippen LogP contribution in [-0.2, 0) is 16.2 Å². The van der Waals surface area contributed by atoms with E-state index in [-0.39, 0.29) is 19.0 Å². The number of halogens is 1. The molecule has 2 unspecified atom stereocenters. The molecule has 8 heteroatoms. The third-order valence-corrected chi connectivity index (χ3v) is 6.63. The molecule has 3 aromatic rings. The molecule has 2 aromatic carbocycles. The molecule has 2 aliphatic heterocycles. The maximum Gasteiger partial charge on any atom is 0.345 e. The van der Waals surface area contributed by atoms with Crippen LogP contribution >= 0.6 is 11.3 Å². The number of carboxylic acids is 1. The number of amides is 2. The van der Waals surface area contributed by atoms with Crippen molar-refractivity contribution >= 4 is 23.3 Å². The van der Waals surface area contributed by atoms with E-state index in [4.69, 9.17) is 4.84 Å². The van der Waals surface area contributed by atoms with Crippen LogP contribution in [0, 0.1) is 5.82 Å². The molecule has 30 heavy (non-hydrogen) atoms. The number of hydrogen-bond acceptors (Lipinski definition) is 4. The summed E-state index contributed by atoms with van der Waals surface area (Å²) in [6, 6.07) is 15.5. The molecule has 2 aliphatic rings. The zero-order valence-electron chi connectivity index (χ0n) is 15.7. The molecule has 0 saturated carbocycles. The molecular weight excluding hydrogens is 407 g/mol. The maximum absolute atomic E-state index is 13.3. The van der Waals surface area contributed by atoms with Crippen LogP contribution in [0.1, 0.15) is 28.1 Å². The topological polar surface area (TPSA) is 70.1 Å². The molecule has 6 nitrogen and oxygen atoms in total. The molecule has 1 N–H and O–H groups in total. The van der Waals surface area contributed by atoms with Gasteiger partial charge in [0.25, 0.3) is 0 Å². The number of urea groups is 1. The minimum absolute atomic E-state index is 0.207. The molecule has 1 aromatic heterocycles. The second-order valence-electron chi connectivity index (χ2n) is 7.21. The SMILES string of the molecule is O=C(O)C1c2sc(-c3ccc(F)cc3)cc2C2CN1C(=O)N2OCc1ccccc1. The fourth-order valence-corrected chi connectivity index (χ4v) is 5.27. The highest BCUT2D eigenvalue weighted by atomic mass is 32.1. The average molecular weight is 424 g/mol. The molecule has 0 spiro atoms. The maximum atomic E-state index is 13.3. The van der Waals surface area contributed by atoms with E-state index in [1.54, 1.807) is 12.1 Å². The van der Waals surface area contributed by atoms with Crippen molar-refractivity contribution in [3.63, 3.8) is 0 Å². The quantitative estimate of drug-likeness (QED) is 0.650. The van der Waals surface area contributed by atoms with Crippen molar-refractivity contribution < 1.29 is 23.9 Å². The van der Waals surface area contributed by atoms with E-state index >= 15 is 0 Å². The normalized spacial score (nSPS) is 19.8. The highest BCUT2D eigenvalue weighted by Gasteiger charge is 2.52. The molecule has 0 radical (unpaired) electrons. The van der Waals surface area contributed by atoms with Gasteiger partial charge in [0.15, 0.2) is 6.04 Å². The standard InChI is InChI=1S/C22H17FN2O4S/c23-15-8-6-14(7-9-15)18-10-16-17-11-24(19(21(26)27)20(16)30-18)22(28)25(17)29-12-13-4-2-1-3-5-13/h1-10,17,19H,11-12H2,(H,26,27). The summed E-state index contributed by atoms with van der Waals surface area (Å²) in [6.07, 6.45) is 0. The van der Waals surface area contributed by atoms with Crippen molar-refractivity contribution in [3.05, 3.63) is 82.5 Å². The third kappa shape index (κ3) is 3.05. The average Bonchev–Trinajstić information content (AvgIpc) is 3.29. The number of aliphatic carboxylic acids is 1. The van der Waals surface area contributed by atoms with E-state index in [2.05, 4.69) is 0 Å². The summed E-state index contributed by atoms with van der Waals surface area (Å²) < 4.78 is 13.3. The molecule has 2 amide bonds. The molecule has 2 atom stereocenters. The molecular formula is C22H17FN2O4S. The molecule has 3 heterocycles. The smallest absolute Gasteiger partial charge is 0.345 e. The first-order valence-corrected chi connectivity index (χ1v) is 10.2. The van der Waals surface area contributed by atoms with Gasteiger partial charge in [-0.2, -0.15) is 5.06 Å². The Morgan fingerprint density at radius 2 is 1.90 bits per heavy atom. The predicted molar refractivity (Wildman–Crippen MR) is 108 cm³/mol. The number of nitrogens with zero attached hydrogens (tertiary/aromatic N) is 2. The van der Waals surface area contributed by atoms with Gasteiger partial charge < -0.3 is 10.0 Å². The summed E-state index contributed by atoms with van der Waals surface area (Å²) in [4.78, 5) is 33.6. The van der Waals surface area contributed by atoms with E-state index < -0.39 is 24.1 Å². The lowest BCUT2D eigenvalue weighted by Crippen LogP contribution is -2.37. The van der Waals surface area contributed by atoms with E-state index in [1.165, 1.54) is 33.4 Å². The van der Waals surface area contributed by atoms with Crippen LogP contribution in [0.3, 0.4) is 0 Å². The summed E-state index contributed by atoms with van der Waals surface area (Å²) in [7, 11) is 0. The Labute approximate surface area is 175 Å². The van der Waals surface area contributed by atoms with Crippen molar-refractivity contribution in [2.24, 2.45) is 0 Å². The summed E-state index contributed by atoms with van der Waals surface area (Å²) in [6.45, 7) is 0.454. The van der Waals surface area contributed by atoms with Crippen LogP contribution in [-0.4, -0.2) is 33.6 Å². The Morgan fingerprint density at radius 3 is 2.60 bits per heavy atom. The lowest BCUT2D eigenvalue weighted by molar-refractivity contribution is -0.143. The van der Waals surface area contributed by atoms with Gasteiger partial charge in [-0.25, -0.2) is 14.0 Å². The van der Waals surface area contributed by atoms with Crippen molar-refractivity contribution in [3.8, 4) is 10.4 Å². The first-order valence-electron chi connectivity index (χ1n) is 9.42. The molecule has 152 valence electrons.